The topological polar surface area (TPSA) is 105 Å². The first-order chi connectivity index (χ1) is 14.6. The fraction of sp³-hybridized carbons (Fsp3) is 0.667. The van der Waals surface area contributed by atoms with E-state index in [2.05, 4.69) is 10.3 Å². The zero-order valence-electron chi connectivity index (χ0n) is 18.8. The second-order valence-corrected chi connectivity index (χ2v) is 10.1. The summed E-state index contributed by atoms with van der Waals surface area (Å²) in [6.45, 7) is 6.15. The Hall–Kier alpha value is -2.44. The SMILES string of the molecule is CC(=O)c1c(C)[nH]c(C(=O)C(C)OC(=O)CNC(=O)C23CC4CC(CC(C4)C2)C3)c1C. The number of rotatable bonds is 7. The maximum Gasteiger partial charge on any atom is 0.326 e. The van der Waals surface area contributed by atoms with E-state index in [1.807, 2.05) is 0 Å². The van der Waals surface area contributed by atoms with Crippen molar-refractivity contribution in [3.05, 3.63) is 22.5 Å². The molecule has 2 N–H and O–H groups in total. The number of carbonyl (C=O) groups excluding carboxylic acids is 4. The van der Waals surface area contributed by atoms with Crippen molar-refractivity contribution in [1.82, 2.24) is 10.3 Å². The summed E-state index contributed by atoms with van der Waals surface area (Å²) in [6, 6.07) is 0. The van der Waals surface area contributed by atoms with Crippen LogP contribution in [0.3, 0.4) is 0 Å². The molecule has 1 aromatic rings. The number of ether oxygens (including phenoxy) is 1. The highest BCUT2D eigenvalue weighted by Gasteiger charge is 2.54. The van der Waals surface area contributed by atoms with E-state index in [0.29, 0.717) is 34.6 Å². The Labute approximate surface area is 182 Å². The lowest BCUT2D eigenvalue weighted by Gasteiger charge is -2.55. The Morgan fingerprint density at radius 1 is 1.06 bits per heavy atom. The molecule has 4 aliphatic rings. The zero-order valence-corrected chi connectivity index (χ0v) is 18.8. The van der Waals surface area contributed by atoms with Gasteiger partial charge in [0.15, 0.2) is 11.9 Å². The van der Waals surface area contributed by atoms with Gasteiger partial charge in [-0.15, -0.1) is 0 Å². The van der Waals surface area contributed by atoms with E-state index in [9.17, 15) is 19.2 Å². The number of aryl methyl sites for hydroxylation is 1. The predicted molar refractivity (Wildman–Crippen MR) is 114 cm³/mol. The summed E-state index contributed by atoms with van der Waals surface area (Å²) in [5, 5.41) is 2.79. The summed E-state index contributed by atoms with van der Waals surface area (Å²) in [5.74, 6) is 0.754. The molecular formula is C24H32N2O5. The second-order valence-electron chi connectivity index (χ2n) is 10.1. The van der Waals surface area contributed by atoms with Crippen LogP contribution in [-0.2, 0) is 14.3 Å². The third-order valence-corrected chi connectivity index (χ3v) is 7.63. The number of aromatic amines is 1. The van der Waals surface area contributed by atoms with E-state index >= 15 is 0 Å². The van der Waals surface area contributed by atoms with Gasteiger partial charge in [0.05, 0.1) is 5.69 Å². The quantitative estimate of drug-likeness (QED) is 0.512. The molecule has 0 saturated heterocycles. The maximum absolute atomic E-state index is 13.0. The third-order valence-electron chi connectivity index (χ3n) is 7.63. The first kappa shape index (κ1) is 21.8. The van der Waals surface area contributed by atoms with E-state index in [1.165, 1.54) is 33.1 Å². The van der Waals surface area contributed by atoms with Crippen LogP contribution in [0.25, 0.3) is 0 Å². The van der Waals surface area contributed by atoms with Crippen molar-refractivity contribution in [3.8, 4) is 0 Å². The molecule has 0 spiro atoms. The molecule has 7 heteroatoms. The molecule has 4 aliphatic carbocycles. The lowest BCUT2D eigenvalue weighted by atomic mass is 9.49. The van der Waals surface area contributed by atoms with Crippen LogP contribution >= 0.6 is 0 Å². The smallest absolute Gasteiger partial charge is 0.326 e. The van der Waals surface area contributed by atoms with Gasteiger partial charge in [-0.3, -0.25) is 19.2 Å². The van der Waals surface area contributed by atoms with E-state index in [1.54, 1.807) is 13.8 Å². The normalized spacial score (nSPS) is 29.5. The third kappa shape index (κ3) is 3.94. The van der Waals surface area contributed by atoms with Gasteiger partial charge >= 0.3 is 5.97 Å². The van der Waals surface area contributed by atoms with Crippen molar-refractivity contribution in [2.24, 2.45) is 23.2 Å². The van der Waals surface area contributed by atoms with Gasteiger partial charge < -0.3 is 15.0 Å². The number of Topliss-reactive ketones (excluding diaryl/α,β-unsaturated/α-hetero) is 2. The van der Waals surface area contributed by atoms with Gasteiger partial charge in [-0.1, -0.05) is 0 Å². The van der Waals surface area contributed by atoms with Crippen molar-refractivity contribution >= 4 is 23.4 Å². The van der Waals surface area contributed by atoms with Gasteiger partial charge in [-0.25, -0.2) is 0 Å². The monoisotopic (exact) mass is 428 g/mol. The number of aromatic nitrogens is 1. The molecule has 0 radical (unpaired) electrons. The Morgan fingerprint density at radius 3 is 2.10 bits per heavy atom. The van der Waals surface area contributed by atoms with Gasteiger partial charge in [0.2, 0.25) is 11.7 Å². The zero-order chi connectivity index (χ0) is 22.5. The number of amides is 1. The number of esters is 1. The van der Waals surface area contributed by atoms with Gasteiger partial charge in [-0.2, -0.15) is 0 Å². The van der Waals surface area contributed by atoms with Crippen LogP contribution in [0.2, 0.25) is 0 Å². The number of ketones is 2. The molecule has 1 unspecified atom stereocenters. The Kier molecular flexibility index (Phi) is 5.56. The lowest BCUT2D eigenvalue weighted by molar-refractivity contribution is -0.152. The van der Waals surface area contributed by atoms with Gasteiger partial charge in [0.1, 0.15) is 6.54 Å². The number of nitrogens with one attached hydrogen (secondary N) is 2. The summed E-state index contributed by atoms with van der Waals surface area (Å²) >= 11 is 0. The number of hydrogen-bond acceptors (Lipinski definition) is 5. The van der Waals surface area contributed by atoms with Crippen molar-refractivity contribution in [1.29, 1.82) is 0 Å². The first-order valence-electron chi connectivity index (χ1n) is 11.3. The molecule has 31 heavy (non-hydrogen) atoms. The van der Waals surface area contributed by atoms with Crippen LogP contribution in [0, 0.1) is 37.0 Å². The van der Waals surface area contributed by atoms with Crippen molar-refractivity contribution in [2.45, 2.75) is 72.3 Å². The summed E-state index contributed by atoms with van der Waals surface area (Å²) in [7, 11) is 0. The van der Waals surface area contributed by atoms with Crippen molar-refractivity contribution < 1.29 is 23.9 Å². The van der Waals surface area contributed by atoms with Gasteiger partial charge in [-0.05, 0) is 89.5 Å². The fourth-order valence-corrected chi connectivity index (χ4v) is 6.75. The summed E-state index contributed by atoms with van der Waals surface area (Å²) in [5.41, 5.74) is 1.63. The molecule has 4 saturated carbocycles. The molecule has 168 valence electrons. The van der Waals surface area contributed by atoms with E-state index in [-0.39, 0.29) is 29.3 Å². The highest BCUT2D eigenvalue weighted by Crippen LogP contribution is 2.60. The number of H-pyrrole nitrogens is 1. The predicted octanol–water partition coefficient (Wildman–Crippen LogP) is 3.28. The van der Waals surface area contributed by atoms with Crippen LogP contribution in [0.4, 0.5) is 0 Å². The first-order valence-corrected chi connectivity index (χ1v) is 11.3. The van der Waals surface area contributed by atoms with Crippen molar-refractivity contribution in [2.75, 3.05) is 6.54 Å². The summed E-state index contributed by atoms with van der Waals surface area (Å²) in [4.78, 5) is 52.8. The van der Waals surface area contributed by atoms with E-state index in [4.69, 9.17) is 4.74 Å². The van der Waals surface area contributed by atoms with Gasteiger partial charge in [0, 0.05) is 16.7 Å². The second kappa shape index (κ2) is 7.92. The van der Waals surface area contributed by atoms with Crippen LogP contribution in [0.1, 0.15) is 84.5 Å². The van der Waals surface area contributed by atoms with Crippen LogP contribution in [0.5, 0.6) is 0 Å². The molecule has 0 aromatic carbocycles. The summed E-state index contributed by atoms with van der Waals surface area (Å²) < 4.78 is 5.29. The Morgan fingerprint density at radius 2 is 1.61 bits per heavy atom. The molecule has 5 rings (SSSR count). The highest BCUT2D eigenvalue weighted by molar-refractivity contribution is 6.05. The number of carbonyl (C=O) groups is 4. The van der Waals surface area contributed by atoms with Crippen molar-refractivity contribution in [3.63, 3.8) is 0 Å². The van der Waals surface area contributed by atoms with E-state index in [0.717, 1.165) is 19.3 Å². The summed E-state index contributed by atoms with van der Waals surface area (Å²) in [6.07, 6.45) is 5.52. The van der Waals surface area contributed by atoms with E-state index < -0.39 is 17.9 Å². The van der Waals surface area contributed by atoms with Crippen LogP contribution in [0.15, 0.2) is 0 Å². The molecule has 4 bridgehead atoms. The molecule has 1 amide bonds. The minimum absolute atomic E-state index is 0.0375. The standard InChI is InChI=1S/C24H32N2O5/c1-12-20(14(3)27)13(2)26-21(12)22(29)15(4)31-19(28)11-25-23(30)24-8-16-5-17(9-24)7-18(6-16)10-24/h15-18,26H,5-11H2,1-4H3,(H,25,30). The average molecular weight is 429 g/mol. The molecule has 1 atom stereocenters. The molecule has 0 aliphatic heterocycles. The number of hydrogen-bond donors (Lipinski definition) is 2. The average Bonchev–Trinajstić information content (AvgIpc) is 2.98. The van der Waals surface area contributed by atoms with Crippen LogP contribution < -0.4 is 5.32 Å². The molecule has 1 heterocycles. The molecule has 4 fully saturated rings. The Bertz CT molecular complexity index is 909. The molecule has 7 nitrogen and oxygen atoms in total. The molecule has 1 aromatic heterocycles. The van der Waals surface area contributed by atoms with Gasteiger partial charge in [0.25, 0.3) is 0 Å². The largest absolute Gasteiger partial charge is 0.453 e. The fourth-order valence-electron chi connectivity index (χ4n) is 6.75. The Balaban J connectivity index is 1.33. The minimum atomic E-state index is -1.01. The molecular weight excluding hydrogens is 396 g/mol. The minimum Gasteiger partial charge on any atom is -0.453 e. The lowest BCUT2D eigenvalue weighted by Crippen LogP contribution is -2.54. The van der Waals surface area contributed by atoms with Crippen LogP contribution in [-0.4, -0.2) is 41.1 Å². The maximum atomic E-state index is 13.0. The highest BCUT2D eigenvalue weighted by atomic mass is 16.5.